The maximum Gasteiger partial charge on any atom is 0.123 e. The van der Waals surface area contributed by atoms with Crippen LogP contribution in [0.4, 0.5) is 10.1 Å². The molecule has 0 bridgehead atoms. The normalized spacial score (nSPS) is 25.9. The molecule has 1 aliphatic heterocycles. The Kier molecular flexibility index (Phi) is 3.67. The van der Waals surface area contributed by atoms with Gasteiger partial charge >= 0.3 is 0 Å². The average Bonchev–Trinajstić information content (AvgIpc) is 2.29. The third-order valence-electron chi connectivity index (χ3n) is 3.79. The first-order chi connectivity index (χ1) is 8.08. The van der Waals surface area contributed by atoms with Crippen LogP contribution in [0.15, 0.2) is 24.3 Å². The molecule has 0 saturated carbocycles. The van der Waals surface area contributed by atoms with Gasteiger partial charge in [0.2, 0.25) is 0 Å². The van der Waals surface area contributed by atoms with Crippen molar-refractivity contribution in [2.75, 3.05) is 32.1 Å². The van der Waals surface area contributed by atoms with E-state index in [1.807, 2.05) is 12.1 Å². The molecule has 0 amide bonds. The smallest absolute Gasteiger partial charge is 0.123 e. The van der Waals surface area contributed by atoms with E-state index < -0.39 is 0 Å². The largest absolute Gasteiger partial charge is 0.371 e. The van der Waals surface area contributed by atoms with Gasteiger partial charge in [0.15, 0.2) is 0 Å². The Bertz CT molecular complexity index is 363. The van der Waals surface area contributed by atoms with E-state index in [2.05, 4.69) is 30.8 Å². The molecule has 1 aromatic carbocycles. The van der Waals surface area contributed by atoms with Gasteiger partial charge in [-0.3, -0.25) is 0 Å². The van der Waals surface area contributed by atoms with Crippen LogP contribution in [0.1, 0.15) is 13.3 Å². The number of hydrogen-bond acceptors (Lipinski definition) is 2. The van der Waals surface area contributed by atoms with E-state index in [0.717, 1.165) is 18.8 Å². The summed E-state index contributed by atoms with van der Waals surface area (Å²) in [5.41, 5.74) is 1.10. The highest BCUT2D eigenvalue weighted by atomic mass is 19.1. The minimum absolute atomic E-state index is 0.168. The molecule has 0 aliphatic carbocycles. The lowest BCUT2D eigenvalue weighted by Crippen LogP contribution is -2.47. The summed E-state index contributed by atoms with van der Waals surface area (Å²) in [7, 11) is 4.28. The van der Waals surface area contributed by atoms with Crippen molar-refractivity contribution in [3.05, 3.63) is 30.1 Å². The molecule has 2 unspecified atom stereocenters. The van der Waals surface area contributed by atoms with Crippen molar-refractivity contribution in [2.24, 2.45) is 5.92 Å². The van der Waals surface area contributed by atoms with Gasteiger partial charge in [-0.1, -0.05) is 6.92 Å². The number of rotatable bonds is 2. The zero-order chi connectivity index (χ0) is 12.4. The Balaban J connectivity index is 2.09. The molecular formula is C14H21FN2. The molecule has 3 heteroatoms. The van der Waals surface area contributed by atoms with E-state index in [1.165, 1.54) is 18.6 Å². The SMILES string of the molecule is CC1CN(C)CCC1N(C)c1ccc(F)cc1. The van der Waals surface area contributed by atoms with Crippen LogP contribution in [0.5, 0.6) is 0 Å². The summed E-state index contributed by atoms with van der Waals surface area (Å²) >= 11 is 0. The fourth-order valence-electron chi connectivity index (χ4n) is 2.78. The first-order valence-corrected chi connectivity index (χ1v) is 6.25. The molecule has 2 rings (SSSR count). The van der Waals surface area contributed by atoms with Crippen LogP contribution in [0.25, 0.3) is 0 Å². The Morgan fingerprint density at radius 2 is 1.94 bits per heavy atom. The van der Waals surface area contributed by atoms with Crippen molar-refractivity contribution in [2.45, 2.75) is 19.4 Å². The van der Waals surface area contributed by atoms with Crippen LogP contribution >= 0.6 is 0 Å². The number of nitrogens with zero attached hydrogens (tertiary/aromatic N) is 2. The molecule has 1 aromatic rings. The first kappa shape index (κ1) is 12.4. The zero-order valence-corrected chi connectivity index (χ0v) is 10.9. The Labute approximate surface area is 103 Å². The van der Waals surface area contributed by atoms with Crippen LogP contribution in [-0.4, -0.2) is 38.1 Å². The molecular weight excluding hydrogens is 215 g/mol. The van der Waals surface area contributed by atoms with Crippen molar-refractivity contribution >= 4 is 5.69 Å². The maximum absolute atomic E-state index is 12.9. The van der Waals surface area contributed by atoms with E-state index in [9.17, 15) is 4.39 Å². The lowest BCUT2D eigenvalue weighted by atomic mass is 9.92. The standard InChI is InChI=1S/C14H21FN2/c1-11-10-16(2)9-8-14(11)17(3)13-6-4-12(15)5-7-13/h4-7,11,14H,8-10H2,1-3H3. The van der Waals surface area contributed by atoms with E-state index in [4.69, 9.17) is 0 Å². The Morgan fingerprint density at radius 1 is 1.29 bits per heavy atom. The van der Waals surface area contributed by atoms with Crippen molar-refractivity contribution in [1.29, 1.82) is 0 Å². The first-order valence-electron chi connectivity index (χ1n) is 6.25. The van der Waals surface area contributed by atoms with Gasteiger partial charge in [-0.25, -0.2) is 4.39 Å². The van der Waals surface area contributed by atoms with Gasteiger partial charge in [-0.2, -0.15) is 0 Å². The molecule has 0 spiro atoms. The van der Waals surface area contributed by atoms with Gasteiger partial charge in [0.1, 0.15) is 5.82 Å². The average molecular weight is 236 g/mol. The molecule has 1 fully saturated rings. The number of likely N-dealkylation sites (tertiary alicyclic amines) is 1. The highest BCUT2D eigenvalue weighted by Gasteiger charge is 2.27. The molecule has 94 valence electrons. The van der Waals surface area contributed by atoms with Crippen LogP contribution in [0.3, 0.4) is 0 Å². The summed E-state index contributed by atoms with van der Waals surface area (Å²) in [5.74, 6) is 0.474. The monoisotopic (exact) mass is 236 g/mol. The van der Waals surface area contributed by atoms with Crippen molar-refractivity contribution < 1.29 is 4.39 Å². The van der Waals surface area contributed by atoms with Crippen molar-refractivity contribution in [3.8, 4) is 0 Å². The summed E-state index contributed by atoms with van der Waals surface area (Å²) < 4.78 is 12.9. The highest BCUT2D eigenvalue weighted by molar-refractivity contribution is 5.46. The minimum atomic E-state index is -0.168. The zero-order valence-electron chi connectivity index (χ0n) is 10.9. The quantitative estimate of drug-likeness (QED) is 0.779. The molecule has 0 aromatic heterocycles. The summed E-state index contributed by atoms with van der Waals surface area (Å²) in [6.07, 6.45) is 1.17. The van der Waals surface area contributed by atoms with Crippen LogP contribution in [0.2, 0.25) is 0 Å². The number of anilines is 1. The fraction of sp³-hybridized carbons (Fsp3) is 0.571. The predicted octanol–water partition coefficient (Wildman–Crippen LogP) is 2.60. The fourth-order valence-corrected chi connectivity index (χ4v) is 2.78. The van der Waals surface area contributed by atoms with Gasteiger partial charge in [0, 0.05) is 25.3 Å². The molecule has 1 saturated heterocycles. The van der Waals surface area contributed by atoms with Crippen LogP contribution < -0.4 is 4.90 Å². The van der Waals surface area contributed by atoms with Crippen LogP contribution in [-0.2, 0) is 0 Å². The number of piperidine rings is 1. The Morgan fingerprint density at radius 3 is 2.53 bits per heavy atom. The van der Waals surface area contributed by atoms with Gasteiger partial charge in [-0.15, -0.1) is 0 Å². The molecule has 1 aliphatic rings. The second-order valence-corrected chi connectivity index (χ2v) is 5.18. The van der Waals surface area contributed by atoms with E-state index in [1.54, 1.807) is 0 Å². The Hall–Kier alpha value is -1.09. The van der Waals surface area contributed by atoms with Crippen LogP contribution in [0, 0.1) is 11.7 Å². The summed E-state index contributed by atoms with van der Waals surface area (Å²) in [5, 5.41) is 0. The number of benzene rings is 1. The minimum Gasteiger partial charge on any atom is -0.371 e. The van der Waals surface area contributed by atoms with Crippen molar-refractivity contribution in [1.82, 2.24) is 4.90 Å². The summed E-state index contributed by atoms with van der Waals surface area (Å²) in [6.45, 7) is 4.57. The second-order valence-electron chi connectivity index (χ2n) is 5.18. The topological polar surface area (TPSA) is 6.48 Å². The van der Waals surface area contributed by atoms with Gasteiger partial charge in [0.25, 0.3) is 0 Å². The maximum atomic E-state index is 12.9. The highest BCUT2D eigenvalue weighted by Crippen LogP contribution is 2.25. The van der Waals surface area contributed by atoms with E-state index in [-0.39, 0.29) is 5.82 Å². The predicted molar refractivity (Wildman–Crippen MR) is 69.9 cm³/mol. The molecule has 17 heavy (non-hydrogen) atoms. The van der Waals surface area contributed by atoms with E-state index >= 15 is 0 Å². The van der Waals surface area contributed by atoms with Gasteiger partial charge in [0.05, 0.1) is 0 Å². The molecule has 2 nitrogen and oxygen atoms in total. The molecule has 0 N–H and O–H groups in total. The summed E-state index contributed by atoms with van der Waals surface area (Å²) in [4.78, 5) is 4.66. The lowest BCUT2D eigenvalue weighted by molar-refractivity contribution is 0.194. The third-order valence-corrected chi connectivity index (χ3v) is 3.79. The lowest BCUT2D eigenvalue weighted by Gasteiger charge is -2.41. The number of hydrogen-bond donors (Lipinski definition) is 0. The van der Waals surface area contributed by atoms with Gasteiger partial charge in [-0.05, 0) is 50.2 Å². The van der Waals surface area contributed by atoms with Crippen molar-refractivity contribution in [3.63, 3.8) is 0 Å². The summed E-state index contributed by atoms with van der Waals surface area (Å²) in [6, 6.07) is 7.34. The van der Waals surface area contributed by atoms with Gasteiger partial charge < -0.3 is 9.80 Å². The van der Waals surface area contributed by atoms with E-state index in [0.29, 0.717) is 12.0 Å². The molecule has 0 radical (unpaired) electrons. The molecule has 1 heterocycles. The second kappa shape index (κ2) is 5.05. The third kappa shape index (κ3) is 2.78. The molecule has 2 atom stereocenters. The number of halogens is 1.